The van der Waals surface area contributed by atoms with Crippen molar-refractivity contribution >= 4 is 15.9 Å². The van der Waals surface area contributed by atoms with E-state index >= 15 is 0 Å². The van der Waals surface area contributed by atoms with Crippen molar-refractivity contribution in [2.45, 2.75) is 26.3 Å². The van der Waals surface area contributed by atoms with Crippen molar-refractivity contribution in [3.63, 3.8) is 0 Å². The molecular weight excluding hydrogens is 290 g/mol. The molecule has 1 heterocycles. The van der Waals surface area contributed by atoms with Gasteiger partial charge in [-0.05, 0) is 49.6 Å². The first kappa shape index (κ1) is 13.2. The maximum atomic E-state index is 6.26. The van der Waals surface area contributed by atoms with Crippen molar-refractivity contribution in [3.05, 3.63) is 57.3 Å². The van der Waals surface area contributed by atoms with Crippen LogP contribution in [0.2, 0.25) is 0 Å². The maximum Gasteiger partial charge on any atom is 0.0648 e. The second-order valence-corrected chi connectivity index (χ2v) is 5.38. The summed E-state index contributed by atoms with van der Waals surface area (Å²) in [5.41, 5.74) is 10.4. The normalized spacial score (nSPS) is 12.4. The summed E-state index contributed by atoms with van der Waals surface area (Å²) in [6.07, 6.45) is 0.797. The lowest BCUT2D eigenvalue weighted by atomic mass is 9.99. The fourth-order valence-electron chi connectivity index (χ4n) is 1.97. The minimum atomic E-state index is -0.0477. The average Bonchev–Trinajstić information content (AvgIpc) is 2.32. The molecule has 1 aromatic carbocycles. The van der Waals surface area contributed by atoms with Crippen molar-refractivity contribution in [1.29, 1.82) is 0 Å². The lowest BCUT2D eigenvalue weighted by Crippen LogP contribution is -2.16. The lowest BCUT2D eigenvalue weighted by molar-refractivity contribution is 0.700. The van der Waals surface area contributed by atoms with Gasteiger partial charge in [-0.1, -0.05) is 28.1 Å². The highest BCUT2D eigenvalue weighted by Gasteiger charge is 2.11. The number of hydrogen-bond acceptors (Lipinski definition) is 3. The van der Waals surface area contributed by atoms with E-state index in [1.54, 1.807) is 0 Å². The number of hydrogen-bond donors (Lipinski definition) is 1. The van der Waals surface area contributed by atoms with Crippen LogP contribution in [0.15, 0.2) is 34.8 Å². The first-order chi connectivity index (χ1) is 8.56. The largest absolute Gasteiger partial charge is 0.324 e. The van der Waals surface area contributed by atoms with E-state index in [-0.39, 0.29) is 6.04 Å². The van der Waals surface area contributed by atoms with Crippen molar-refractivity contribution < 1.29 is 0 Å². The van der Waals surface area contributed by atoms with Crippen LogP contribution in [0.3, 0.4) is 0 Å². The van der Waals surface area contributed by atoms with E-state index in [1.165, 1.54) is 5.56 Å². The molecule has 0 saturated heterocycles. The smallest absolute Gasteiger partial charge is 0.0648 e. The van der Waals surface area contributed by atoms with E-state index in [0.717, 1.165) is 27.8 Å². The second-order valence-electron chi connectivity index (χ2n) is 4.47. The van der Waals surface area contributed by atoms with Gasteiger partial charge in [-0.2, -0.15) is 10.2 Å². The maximum absolute atomic E-state index is 6.26. The van der Waals surface area contributed by atoms with Crippen LogP contribution in [0.1, 0.15) is 28.6 Å². The summed E-state index contributed by atoms with van der Waals surface area (Å²) >= 11 is 3.47. The molecule has 0 amide bonds. The molecule has 0 spiro atoms. The topological polar surface area (TPSA) is 51.8 Å². The molecular formula is C14H16BrN3. The third-order valence-corrected chi connectivity index (χ3v) is 3.38. The minimum Gasteiger partial charge on any atom is -0.324 e. The average molecular weight is 306 g/mol. The van der Waals surface area contributed by atoms with Crippen molar-refractivity contribution in [3.8, 4) is 0 Å². The molecule has 0 aliphatic rings. The van der Waals surface area contributed by atoms with Gasteiger partial charge in [-0.15, -0.1) is 0 Å². The zero-order valence-electron chi connectivity index (χ0n) is 10.5. The Morgan fingerprint density at radius 3 is 2.72 bits per heavy atom. The highest BCUT2D eigenvalue weighted by Crippen LogP contribution is 2.20. The second kappa shape index (κ2) is 5.59. The quantitative estimate of drug-likeness (QED) is 0.948. The summed E-state index contributed by atoms with van der Waals surface area (Å²) in [5, 5.41) is 8.15. The summed E-state index contributed by atoms with van der Waals surface area (Å²) in [6.45, 7) is 3.88. The molecule has 1 unspecified atom stereocenters. The van der Waals surface area contributed by atoms with E-state index in [4.69, 9.17) is 5.73 Å². The summed E-state index contributed by atoms with van der Waals surface area (Å²) in [4.78, 5) is 0. The van der Waals surface area contributed by atoms with Crippen LogP contribution in [0.25, 0.3) is 0 Å². The van der Waals surface area contributed by atoms with E-state index in [1.807, 2.05) is 32.0 Å². The Balaban J connectivity index is 2.21. The summed E-state index contributed by atoms with van der Waals surface area (Å²) in [7, 11) is 0. The number of nitrogens with zero attached hydrogens (tertiary/aromatic N) is 2. The van der Waals surface area contributed by atoms with Crippen LogP contribution in [-0.2, 0) is 6.42 Å². The zero-order chi connectivity index (χ0) is 13.1. The standard InChI is InChI=1S/C14H16BrN3/c1-9-6-13(10(2)18-17-9)14(16)8-11-4-3-5-12(15)7-11/h3-7,14H,8,16H2,1-2H3. The van der Waals surface area contributed by atoms with Gasteiger partial charge in [0.05, 0.1) is 11.4 Å². The van der Waals surface area contributed by atoms with Gasteiger partial charge in [-0.3, -0.25) is 0 Å². The Labute approximate surface area is 116 Å². The summed E-state index contributed by atoms with van der Waals surface area (Å²) < 4.78 is 1.08. The van der Waals surface area contributed by atoms with Gasteiger partial charge in [0.1, 0.15) is 0 Å². The van der Waals surface area contributed by atoms with E-state index in [2.05, 4.69) is 38.3 Å². The molecule has 2 N–H and O–H groups in total. The molecule has 0 saturated carbocycles. The van der Waals surface area contributed by atoms with Crippen LogP contribution in [-0.4, -0.2) is 10.2 Å². The van der Waals surface area contributed by atoms with Gasteiger partial charge in [0.2, 0.25) is 0 Å². The SMILES string of the molecule is Cc1cc(C(N)Cc2cccc(Br)c2)c(C)nn1. The molecule has 2 rings (SSSR count). The number of nitrogens with two attached hydrogens (primary N) is 1. The van der Waals surface area contributed by atoms with Crippen molar-refractivity contribution in [2.24, 2.45) is 5.73 Å². The van der Waals surface area contributed by atoms with Gasteiger partial charge < -0.3 is 5.73 Å². The van der Waals surface area contributed by atoms with Crippen LogP contribution >= 0.6 is 15.9 Å². The number of aromatic nitrogens is 2. The zero-order valence-corrected chi connectivity index (χ0v) is 12.1. The molecule has 0 bridgehead atoms. The van der Waals surface area contributed by atoms with E-state index in [9.17, 15) is 0 Å². The molecule has 2 aromatic rings. The molecule has 1 atom stereocenters. The van der Waals surface area contributed by atoms with Crippen molar-refractivity contribution in [2.75, 3.05) is 0 Å². The van der Waals surface area contributed by atoms with Gasteiger partial charge in [0.25, 0.3) is 0 Å². The monoisotopic (exact) mass is 305 g/mol. The minimum absolute atomic E-state index is 0.0477. The van der Waals surface area contributed by atoms with Gasteiger partial charge in [0, 0.05) is 10.5 Å². The van der Waals surface area contributed by atoms with Crippen LogP contribution in [0.5, 0.6) is 0 Å². The molecule has 1 aromatic heterocycles. The number of halogens is 1. The summed E-state index contributed by atoms with van der Waals surface area (Å²) in [6, 6.07) is 10.2. The Kier molecular flexibility index (Phi) is 4.09. The molecule has 94 valence electrons. The van der Waals surface area contributed by atoms with Gasteiger partial charge in [0.15, 0.2) is 0 Å². The highest BCUT2D eigenvalue weighted by molar-refractivity contribution is 9.10. The Morgan fingerprint density at radius 1 is 1.22 bits per heavy atom. The van der Waals surface area contributed by atoms with Crippen LogP contribution in [0.4, 0.5) is 0 Å². The molecule has 4 heteroatoms. The molecule has 0 aliphatic heterocycles. The number of benzene rings is 1. The third-order valence-electron chi connectivity index (χ3n) is 2.88. The fraction of sp³-hybridized carbons (Fsp3) is 0.286. The third kappa shape index (κ3) is 3.15. The highest BCUT2D eigenvalue weighted by atomic mass is 79.9. The molecule has 3 nitrogen and oxygen atoms in total. The molecule has 18 heavy (non-hydrogen) atoms. The Morgan fingerprint density at radius 2 is 2.00 bits per heavy atom. The molecule has 0 fully saturated rings. The summed E-state index contributed by atoms with van der Waals surface area (Å²) in [5.74, 6) is 0. The molecule has 0 aliphatic carbocycles. The van der Waals surface area contributed by atoms with Gasteiger partial charge >= 0.3 is 0 Å². The molecule has 0 radical (unpaired) electrons. The predicted molar refractivity (Wildman–Crippen MR) is 76.3 cm³/mol. The predicted octanol–water partition coefficient (Wildman–Crippen LogP) is 3.10. The fourth-order valence-corrected chi connectivity index (χ4v) is 2.42. The Bertz CT molecular complexity index is 554. The number of rotatable bonds is 3. The van der Waals surface area contributed by atoms with E-state index in [0.29, 0.717) is 0 Å². The van der Waals surface area contributed by atoms with Crippen molar-refractivity contribution in [1.82, 2.24) is 10.2 Å². The van der Waals surface area contributed by atoms with Crippen LogP contribution in [0, 0.1) is 13.8 Å². The lowest BCUT2D eigenvalue weighted by Gasteiger charge is -2.14. The first-order valence-corrected chi connectivity index (χ1v) is 6.66. The van der Waals surface area contributed by atoms with Crippen LogP contribution < -0.4 is 5.73 Å². The van der Waals surface area contributed by atoms with E-state index < -0.39 is 0 Å². The first-order valence-electron chi connectivity index (χ1n) is 5.87. The Hall–Kier alpha value is -1.26. The van der Waals surface area contributed by atoms with Gasteiger partial charge in [-0.25, -0.2) is 0 Å². The number of aryl methyl sites for hydroxylation is 2.